The minimum Gasteiger partial charge on any atom is -0.455 e. The van der Waals surface area contributed by atoms with Crippen LogP contribution in [0.3, 0.4) is 0 Å². The molecule has 3 fully saturated rings. The monoisotopic (exact) mass is 1070 g/mol. The summed E-state index contributed by atoms with van der Waals surface area (Å²) in [5, 5.41) is 4.24. The lowest BCUT2D eigenvalue weighted by Gasteiger charge is -2.39. The summed E-state index contributed by atoms with van der Waals surface area (Å²) in [6.45, 7) is 8.33. The van der Waals surface area contributed by atoms with Gasteiger partial charge in [-0.15, -0.1) is 0 Å². The number of sulfone groups is 1. The number of alkyl halides is 3. The molecule has 9 rings (SSSR count). The van der Waals surface area contributed by atoms with Gasteiger partial charge in [0, 0.05) is 85.2 Å². The Bertz CT molecular complexity index is 3120. The number of amides is 1. The fourth-order valence-corrected chi connectivity index (χ4v) is 15.5. The first-order valence-corrected chi connectivity index (χ1v) is 29.9. The van der Waals surface area contributed by atoms with E-state index >= 15 is 0 Å². The quantitative estimate of drug-likeness (QED) is 0.0630. The molecule has 21 heteroatoms. The highest BCUT2D eigenvalue weighted by atomic mass is 35.5. The van der Waals surface area contributed by atoms with Crippen molar-refractivity contribution < 1.29 is 43.7 Å². The van der Waals surface area contributed by atoms with E-state index in [0.717, 1.165) is 63.9 Å². The van der Waals surface area contributed by atoms with Gasteiger partial charge < -0.3 is 19.9 Å². The summed E-state index contributed by atoms with van der Waals surface area (Å²) in [5.74, 6) is 0.396. The third-order valence-electron chi connectivity index (χ3n) is 14.6. The van der Waals surface area contributed by atoms with Crippen molar-refractivity contribution >= 4 is 75.5 Å². The number of nitrogens with one attached hydrogen (secondary N) is 4. The summed E-state index contributed by atoms with van der Waals surface area (Å²) in [4.78, 5) is 23.9. The third kappa shape index (κ3) is 11.8. The second kappa shape index (κ2) is 20.7. The van der Waals surface area contributed by atoms with Gasteiger partial charge in [0.25, 0.3) is 25.8 Å². The fourth-order valence-electron chi connectivity index (χ4n) is 10.4. The molecule has 72 heavy (non-hydrogen) atoms. The summed E-state index contributed by atoms with van der Waals surface area (Å²) < 4.78 is 121. The van der Waals surface area contributed by atoms with Crippen LogP contribution >= 0.6 is 11.6 Å². The Morgan fingerprint density at radius 1 is 0.931 bits per heavy atom. The normalized spacial score (nSPS) is 21.4. The molecule has 1 saturated carbocycles. The van der Waals surface area contributed by atoms with Crippen LogP contribution in [0.2, 0.25) is 5.02 Å². The molecule has 0 bridgehead atoms. The van der Waals surface area contributed by atoms with E-state index in [1.54, 1.807) is 30.5 Å². The molecule has 5 aromatic rings. The van der Waals surface area contributed by atoms with Crippen LogP contribution in [0.25, 0.3) is 16.6 Å². The average Bonchev–Trinajstić information content (AvgIpc) is 4.00. The Hall–Kier alpha value is -4.99. The molecule has 4 aliphatic rings. The molecule has 4 N–H and O–H groups in total. The predicted octanol–water partition coefficient (Wildman–Crippen LogP) is 9.49. The van der Waals surface area contributed by atoms with Gasteiger partial charge in [0.2, 0.25) is 0 Å². The number of hydrogen-bond acceptors (Lipinski definition) is 11. The number of halogens is 4. The van der Waals surface area contributed by atoms with Crippen LogP contribution in [-0.2, 0) is 30.0 Å². The lowest BCUT2D eigenvalue weighted by molar-refractivity contribution is -0.0435. The number of pyridine rings is 1. The van der Waals surface area contributed by atoms with Gasteiger partial charge in [0.15, 0.2) is 0 Å². The van der Waals surface area contributed by atoms with Crippen molar-refractivity contribution in [1.82, 2.24) is 24.3 Å². The highest BCUT2D eigenvalue weighted by Crippen LogP contribution is 2.44. The summed E-state index contributed by atoms with van der Waals surface area (Å²) in [5.41, 5.74) is -0.948. The van der Waals surface area contributed by atoms with Crippen molar-refractivity contribution in [2.45, 2.75) is 93.0 Å². The summed E-state index contributed by atoms with van der Waals surface area (Å²) >= 11 is 6.24. The van der Waals surface area contributed by atoms with Gasteiger partial charge >= 0.3 is 5.51 Å². The Labute approximate surface area is 425 Å². The number of thiol groups is 1. The fraction of sp³-hybridized carbons (Fsp3) is 0.451. The van der Waals surface area contributed by atoms with Gasteiger partial charge in [0.05, 0.1) is 22.3 Å². The van der Waals surface area contributed by atoms with E-state index < -0.39 is 56.9 Å². The Balaban J connectivity index is 0.921. The van der Waals surface area contributed by atoms with Crippen LogP contribution < -0.4 is 24.4 Å². The molecule has 0 atom stereocenters. The zero-order valence-corrected chi connectivity index (χ0v) is 43.5. The lowest BCUT2D eigenvalue weighted by Crippen LogP contribution is -2.47. The van der Waals surface area contributed by atoms with Crippen molar-refractivity contribution in [3.63, 3.8) is 0 Å². The number of H-pyrrole nitrogens is 1. The number of rotatable bonds is 15. The van der Waals surface area contributed by atoms with Crippen molar-refractivity contribution in [2.75, 3.05) is 61.0 Å². The topological polar surface area (TPSA) is 183 Å². The number of hydrogen-bond donors (Lipinski definition) is 5. The molecule has 4 heterocycles. The van der Waals surface area contributed by atoms with E-state index in [4.69, 9.17) is 16.3 Å². The number of aromatic nitrogens is 2. The summed E-state index contributed by atoms with van der Waals surface area (Å²) in [6, 6.07) is 18.7. The smallest absolute Gasteiger partial charge is 0.455 e. The van der Waals surface area contributed by atoms with Crippen LogP contribution in [-0.4, -0.2) is 104 Å². The van der Waals surface area contributed by atoms with Gasteiger partial charge in [-0.3, -0.25) is 18.6 Å². The number of nitrogens with zero attached hydrogens (tertiary/aromatic N) is 3. The van der Waals surface area contributed by atoms with Crippen LogP contribution in [0.1, 0.15) is 87.6 Å². The molecule has 0 unspecified atom stereocenters. The molecular formula is C51H61ClF3N7O7S3. The van der Waals surface area contributed by atoms with Gasteiger partial charge in [-0.2, -0.15) is 13.2 Å². The number of ether oxygens (including phenoxy) is 1. The average molecular weight is 1070 g/mol. The van der Waals surface area contributed by atoms with E-state index in [0.29, 0.717) is 78.1 Å². The van der Waals surface area contributed by atoms with E-state index in [-0.39, 0.29) is 41.0 Å². The molecule has 388 valence electrons. The van der Waals surface area contributed by atoms with Gasteiger partial charge in [-0.1, -0.05) is 53.3 Å². The van der Waals surface area contributed by atoms with Gasteiger partial charge in [-0.05, 0) is 135 Å². The maximum atomic E-state index is 14.2. The molecule has 0 radical (unpaired) electrons. The minimum atomic E-state index is -6.07. The van der Waals surface area contributed by atoms with Crippen molar-refractivity contribution in [3.8, 4) is 11.5 Å². The number of allylic oxidation sites excluding steroid dienone is 1. The lowest BCUT2D eigenvalue weighted by atomic mass is 9.72. The molecule has 1 amide bonds. The van der Waals surface area contributed by atoms with Crippen LogP contribution in [0.4, 0.5) is 24.5 Å². The SMILES string of the molecule is CC1(C)CCC(CN2CCN(c3ccc(C(=O)NS(=O)(=O)c4ccc(NCC5CCC(N[SH]6(=O)CCCC6)CC5)c(S(=O)(=O)C(F)(F)F)c4)c(Oc4cnc5[nH]ccc5c4)c3)CC2)=C(c2ccc(Cl)cc2)C1. The van der Waals surface area contributed by atoms with E-state index in [1.807, 2.05) is 16.9 Å². The molecule has 2 aliphatic carbocycles. The van der Waals surface area contributed by atoms with Gasteiger partial charge in [0.1, 0.15) is 22.0 Å². The first kappa shape index (κ1) is 51.9. The molecule has 3 aromatic carbocycles. The molecule has 2 saturated heterocycles. The van der Waals surface area contributed by atoms with E-state index in [9.17, 15) is 39.0 Å². The number of piperazine rings is 1. The third-order valence-corrected chi connectivity index (χ3v) is 20.6. The standard InChI is InChI=1S/C51H61ClF3N7O7S3/c1-50(2)19-17-37(44(30-50)35-7-9-38(52)10-8-35)33-61-21-23-62(24-22-61)40-13-15-43(46(28-40)69-41-27-36-18-20-56-48(36)58-32-41)49(63)60-72(67,68)42-14-16-45(47(29-42)71(65,66)51(53,54)55)57-31-34-5-11-39(12-6-34)59-70(64)25-3-4-26-70/h7-10,13-16,18,20,27-29,32,34,39,57,70H,3-6,11-12,17,19,21-26,30-31,33H2,1-2H3,(H,56,58)(H,59,64)(H,60,63). The Morgan fingerprint density at radius 3 is 2.36 bits per heavy atom. The first-order chi connectivity index (χ1) is 34.1. The van der Waals surface area contributed by atoms with Gasteiger partial charge in [-0.25, -0.2) is 26.5 Å². The molecule has 2 aliphatic heterocycles. The predicted molar refractivity (Wildman–Crippen MR) is 277 cm³/mol. The van der Waals surface area contributed by atoms with Crippen LogP contribution in [0.5, 0.6) is 11.5 Å². The number of carbonyl (C=O) groups is 1. The summed E-state index contributed by atoms with van der Waals surface area (Å²) in [6.07, 6.45) is 10.8. The number of anilines is 2. The second-order valence-corrected chi connectivity index (χ2v) is 27.3. The largest absolute Gasteiger partial charge is 0.501 e. The van der Waals surface area contributed by atoms with Crippen LogP contribution in [0, 0.1) is 11.3 Å². The maximum Gasteiger partial charge on any atom is 0.501 e. The number of fused-ring (bicyclic) bond motifs is 1. The molecule has 14 nitrogen and oxygen atoms in total. The number of sulfonamides is 1. The Kier molecular flexibility index (Phi) is 14.9. The number of benzene rings is 3. The van der Waals surface area contributed by atoms with Crippen molar-refractivity contribution in [2.24, 2.45) is 11.3 Å². The summed E-state index contributed by atoms with van der Waals surface area (Å²) in [7, 11) is -13.4. The molecular weight excluding hydrogens is 1010 g/mol. The number of carbonyl (C=O) groups excluding carboxylic acids is 1. The second-order valence-electron chi connectivity index (χ2n) is 20.4. The molecule has 0 spiro atoms. The van der Waals surface area contributed by atoms with E-state index in [1.165, 1.54) is 29.0 Å². The zero-order valence-electron chi connectivity index (χ0n) is 40.2. The molecule has 2 aromatic heterocycles. The zero-order chi connectivity index (χ0) is 51.1. The van der Waals surface area contributed by atoms with Crippen LogP contribution in [0.15, 0.2) is 101 Å². The minimum absolute atomic E-state index is 0.0145. The first-order valence-electron chi connectivity index (χ1n) is 24.5. The Morgan fingerprint density at radius 2 is 1.65 bits per heavy atom. The highest BCUT2D eigenvalue weighted by molar-refractivity contribution is 8.01. The van der Waals surface area contributed by atoms with Crippen molar-refractivity contribution in [3.05, 3.63) is 107 Å². The highest BCUT2D eigenvalue weighted by Gasteiger charge is 2.48. The van der Waals surface area contributed by atoms with Crippen molar-refractivity contribution in [1.29, 1.82) is 0 Å². The maximum absolute atomic E-state index is 14.2. The number of aromatic amines is 1. The van der Waals surface area contributed by atoms with E-state index in [2.05, 4.69) is 55.8 Å².